The summed E-state index contributed by atoms with van der Waals surface area (Å²) >= 11 is 6.57. The third-order valence-electron chi connectivity index (χ3n) is 2.73. The lowest BCUT2D eigenvalue weighted by Crippen LogP contribution is -2.11. The van der Waals surface area contributed by atoms with Crippen molar-refractivity contribution < 1.29 is 14.7 Å². The molecule has 0 aliphatic heterocycles. The first kappa shape index (κ1) is 17.4. The standard InChI is InChI=1S/C12H12I3NO3/c1-2-6(3-9(18)19)10-7(13)4-8(14)12(11(10)15)16-5-17/h4-6H,2-3H2,1H3,(H,16,17)(H,18,19). The molecular weight excluding hydrogens is 587 g/mol. The predicted octanol–water partition coefficient (Wildman–Crippen LogP) is 4.04. The SMILES string of the molecule is CCC(CC(=O)O)c1c(I)cc(I)c(NC=O)c1I. The molecule has 0 fully saturated rings. The van der Waals surface area contributed by atoms with Gasteiger partial charge in [-0.1, -0.05) is 6.92 Å². The highest BCUT2D eigenvalue weighted by Crippen LogP contribution is 2.38. The second-order valence-electron chi connectivity index (χ2n) is 3.91. The summed E-state index contributed by atoms with van der Waals surface area (Å²) in [4.78, 5) is 21.6. The van der Waals surface area contributed by atoms with Crippen molar-refractivity contribution in [1.82, 2.24) is 0 Å². The number of carbonyl (C=O) groups excluding carboxylic acids is 1. The van der Waals surface area contributed by atoms with Crippen LogP contribution in [0.15, 0.2) is 6.07 Å². The number of amides is 1. The Hall–Kier alpha value is 0.350. The molecule has 1 unspecified atom stereocenters. The zero-order chi connectivity index (χ0) is 14.6. The van der Waals surface area contributed by atoms with Gasteiger partial charge in [0.15, 0.2) is 0 Å². The molecule has 1 rings (SSSR count). The van der Waals surface area contributed by atoms with Crippen LogP contribution < -0.4 is 5.32 Å². The fourth-order valence-electron chi connectivity index (χ4n) is 1.83. The molecule has 0 radical (unpaired) electrons. The van der Waals surface area contributed by atoms with E-state index in [0.717, 1.165) is 28.4 Å². The number of carbonyl (C=O) groups is 2. The molecule has 0 bridgehead atoms. The molecule has 4 nitrogen and oxygen atoms in total. The average Bonchev–Trinajstić information content (AvgIpc) is 2.32. The first-order chi connectivity index (χ1) is 8.92. The van der Waals surface area contributed by atoms with E-state index < -0.39 is 5.97 Å². The normalized spacial score (nSPS) is 12.0. The molecule has 7 heteroatoms. The summed E-state index contributed by atoms with van der Waals surface area (Å²) in [5, 5.41) is 11.7. The van der Waals surface area contributed by atoms with Gasteiger partial charge in [0.05, 0.1) is 12.1 Å². The van der Waals surface area contributed by atoms with Crippen LogP contribution >= 0.6 is 67.8 Å². The van der Waals surface area contributed by atoms with Gasteiger partial charge in [0.25, 0.3) is 0 Å². The Morgan fingerprint density at radius 2 is 2.05 bits per heavy atom. The van der Waals surface area contributed by atoms with Crippen LogP contribution in [0.1, 0.15) is 31.2 Å². The van der Waals surface area contributed by atoms with E-state index in [2.05, 4.69) is 73.1 Å². The van der Waals surface area contributed by atoms with Gasteiger partial charge in [-0.15, -0.1) is 0 Å². The summed E-state index contributed by atoms with van der Waals surface area (Å²) in [7, 11) is 0. The van der Waals surface area contributed by atoms with Gasteiger partial charge in [-0.2, -0.15) is 0 Å². The topological polar surface area (TPSA) is 66.4 Å². The summed E-state index contributed by atoms with van der Waals surface area (Å²) < 4.78 is 2.91. The quantitative estimate of drug-likeness (QED) is 0.384. The third-order valence-corrected chi connectivity index (χ3v) is 5.59. The number of rotatable bonds is 6. The predicted molar refractivity (Wildman–Crippen MR) is 99.6 cm³/mol. The van der Waals surface area contributed by atoms with Gasteiger partial charge in [-0.25, -0.2) is 0 Å². The number of aliphatic carboxylic acids is 1. The van der Waals surface area contributed by atoms with Crippen LogP contribution in [-0.4, -0.2) is 17.5 Å². The highest BCUT2D eigenvalue weighted by Gasteiger charge is 2.22. The number of nitrogens with one attached hydrogen (secondary N) is 1. The number of carboxylic acids is 1. The molecule has 0 saturated heterocycles. The fraction of sp³-hybridized carbons (Fsp3) is 0.333. The van der Waals surface area contributed by atoms with Crippen molar-refractivity contribution in [2.45, 2.75) is 25.7 Å². The van der Waals surface area contributed by atoms with E-state index in [-0.39, 0.29) is 12.3 Å². The molecule has 0 aliphatic carbocycles. The van der Waals surface area contributed by atoms with Gasteiger partial charge in [0, 0.05) is 10.7 Å². The van der Waals surface area contributed by atoms with Crippen molar-refractivity contribution in [3.05, 3.63) is 22.3 Å². The number of benzene rings is 1. The number of carboxylic acid groups (broad SMARTS) is 1. The van der Waals surface area contributed by atoms with Crippen LogP contribution in [0.3, 0.4) is 0 Å². The number of hydrogen-bond acceptors (Lipinski definition) is 2. The first-order valence-corrected chi connectivity index (χ1v) is 8.75. The fourth-order valence-corrected chi connectivity index (χ4v) is 6.40. The van der Waals surface area contributed by atoms with Crippen molar-refractivity contribution in [3.8, 4) is 0 Å². The maximum Gasteiger partial charge on any atom is 0.303 e. The van der Waals surface area contributed by atoms with Gasteiger partial charge >= 0.3 is 5.97 Å². The Labute approximate surface area is 152 Å². The van der Waals surface area contributed by atoms with Crippen molar-refractivity contribution >= 4 is 85.8 Å². The Balaban J connectivity index is 3.36. The lowest BCUT2D eigenvalue weighted by molar-refractivity contribution is -0.137. The Morgan fingerprint density at radius 1 is 1.42 bits per heavy atom. The minimum Gasteiger partial charge on any atom is -0.481 e. The largest absolute Gasteiger partial charge is 0.481 e. The number of halogens is 3. The van der Waals surface area contributed by atoms with Crippen molar-refractivity contribution in [2.75, 3.05) is 5.32 Å². The lowest BCUT2D eigenvalue weighted by atomic mass is 9.93. The second-order valence-corrected chi connectivity index (χ2v) is 7.31. The van der Waals surface area contributed by atoms with Crippen LogP contribution in [0.4, 0.5) is 5.69 Å². The van der Waals surface area contributed by atoms with E-state index in [1.165, 1.54) is 0 Å². The van der Waals surface area contributed by atoms with Gasteiger partial charge in [-0.3, -0.25) is 9.59 Å². The van der Waals surface area contributed by atoms with E-state index in [0.29, 0.717) is 6.41 Å². The van der Waals surface area contributed by atoms with E-state index in [4.69, 9.17) is 5.11 Å². The van der Waals surface area contributed by atoms with E-state index in [1.807, 2.05) is 13.0 Å². The Bertz CT molecular complexity index is 505. The lowest BCUT2D eigenvalue weighted by Gasteiger charge is -2.20. The van der Waals surface area contributed by atoms with Crippen LogP contribution in [0.2, 0.25) is 0 Å². The average molecular weight is 599 g/mol. The minimum absolute atomic E-state index is 0.0412. The Morgan fingerprint density at radius 3 is 2.53 bits per heavy atom. The van der Waals surface area contributed by atoms with Gasteiger partial charge in [-0.05, 0) is 91.7 Å². The zero-order valence-corrected chi connectivity index (χ0v) is 16.5. The summed E-state index contributed by atoms with van der Waals surface area (Å²) in [5.74, 6) is -0.845. The maximum absolute atomic E-state index is 11.0. The molecule has 0 aromatic heterocycles. The monoisotopic (exact) mass is 599 g/mol. The Kier molecular flexibility index (Phi) is 7.29. The van der Waals surface area contributed by atoms with Crippen LogP contribution in [0, 0.1) is 10.7 Å². The van der Waals surface area contributed by atoms with Crippen molar-refractivity contribution in [2.24, 2.45) is 0 Å². The van der Waals surface area contributed by atoms with Crippen LogP contribution in [0.5, 0.6) is 0 Å². The molecule has 1 amide bonds. The molecule has 104 valence electrons. The van der Waals surface area contributed by atoms with E-state index >= 15 is 0 Å². The molecule has 0 spiro atoms. The summed E-state index contributed by atoms with van der Waals surface area (Å²) in [6.45, 7) is 1.98. The first-order valence-electron chi connectivity index (χ1n) is 5.51. The molecular formula is C12H12I3NO3. The molecule has 1 atom stereocenters. The second kappa shape index (κ2) is 7.96. The summed E-state index contributed by atoms with van der Waals surface area (Å²) in [5.41, 5.74) is 1.77. The molecule has 0 heterocycles. The number of anilines is 1. The minimum atomic E-state index is -0.804. The maximum atomic E-state index is 11.0. The molecule has 1 aromatic rings. The molecule has 0 aliphatic rings. The molecule has 1 aromatic carbocycles. The number of hydrogen-bond donors (Lipinski definition) is 2. The van der Waals surface area contributed by atoms with E-state index in [1.54, 1.807) is 0 Å². The van der Waals surface area contributed by atoms with Crippen molar-refractivity contribution in [1.29, 1.82) is 0 Å². The molecule has 0 saturated carbocycles. The van der Waals surface area contributed by atoms with E-state index in [9.17, 15) is 9.59 Å². The van der Waals surface area contributed by atoms with Gasteiger partial charge in [0.1, 0.15) is 0 Å². The molecule has 19 heavy (non-hydrogen) atoms. The summed E-state index contributed by atoms with van der Waals surface area (Å²) in [6, 6.07) is 1.97. The smallest absolute Gasteiger partial charge is 0.303 e. The summed E-state index contributed by atoms with van der Waals surface area (Å²) in [6.07, 6.45) is 1.50. The molecule has 2 N–H and O–H groups in total. The van der Waals surface area contributed by atoms with Crippen LogP contribution in [0.25, 0.3) is 0 Å². The van der Waals surface area contributed by atoms with Crippen molar-refractivity contribution in [3.63, 3.8) is 0 Å². The van der Waals surface area contributed by atoms with Crippen LogP contribution in [-0.2, 0) is 9.59 Å². The third kappa shape index (κ3) is 4.41. The zero-order valence-electron chi connectivity index (χ0n) is 10.0. The highest BCUT2D eigenvalue weighted by atomic mass is 127. The van der Waals surface area contributed by atoms with Gasteiger partial charge in [0.2, 0.25) is 6.41 Å². The van der Waals surface area contributed by atoms with Gasteiger partial charge < -0.3 is 10.4 Å². The highest BCUT2D eigenvalue weighted by molar-refractivity contribution is 14.1.